The van der Waals surface area contributed by atoms with E-state index < -0.39 is 5.97 Å². The highest BCUT2D eigenvalue weighted by Crippen LogP contribution is 2.05. The summed E-state index contributed by atoms with van der Waals surface area (Å²) in [5, 5.41) is 2.65. The van der Waals surface area contributed by atoms with E-state index in [9.17, 15) is 14.0 Å². The second kappa shape index (κ2) is 8.08. The van der Waals surface area contributed by atoms with Gasteiger partial charge >= 0.3 is 5.97 Å². The van der Waals surface area contributed by atoms with Crippen LogP contribution in [-0.2, 0) is 16.0 Å². The SMILES string of the molecule is Cc1ccc(C(=O)OCC(=O)NCCc2ccc(F)cc2)cc1. The van der Waals surface area contributed by atoms with Crippen molar-refractivity contribution in [3.05, 3.63) is 71.0 Å². The molecule has 0 spiro atoms. The van der Waals surface area contributed by atoms with Crippen molar-refractivity contribution in [1.29, 1.82) is 0 Å². The number of carbonyl (C=O) groups is 2. The lowest BCUT2D eigenvalue weighted by Crippen LogP contribution is -2.30. The molecular weight excluding hydrogens is 297 g/mol. The van der Waals surface area contributed by atoms with E-state index >= 15 is 0 Å². The smallest absolute Gasteiger partial charge is 0.338 e. The molecule has 0 saturated heterocycles. The fraction of sp³-hybridized carbons (Fsp3) is 0.222. The number of hydrogen-bond donors (Lipinski definition) is 1. The molecule has 5 heteroatoms. The second-order valence-electron chi connectivity index (χ2n) is 5.17. The third-order valence-electron chi connectivity index (χ3n) is 3.27. The first-order chi connectivity index (χ1) is 11.0. The zero-order valence-electron chi connectivity index (χ0n) is 12.8. The summed E-state index contributed by atoms with van der Waals surface area (Å²) in [6, 6.07) is 13.0. The van der Waals surface area contributed by atoms with Crippen LogP contribution in [0.4, 0.5) is 4.39 Å². The maximum atomic E-state index is 12.8. The highest BCUT2D eigenvalue weighted by atomic mass is 19.1. The van der Waals surface area contributed by atoms with E-state index in [1.807, 2.05) is 6.92 Å². The van der Waals surface area contributed by atoms with Crippen LogP contribution in [0.25, 0.3) is 0 Å². The topological polar surface area (TPSA) is 55.4 Å². The lowest BCUT2D eigenvalue weighted by Gasteiger charge is -2.07. The monoisotopic (exact) mass is 315 g/mol. The van der Waals surface area contributed by atoms with Crippen LogP contribution in [-0.4, -0.2) is 25.0 Å². The molecule has 1 N–H and O–H groups in total. The van der Waals surface area contributed by atoms with Crippen LogP contribution < -0.4 is 5.32 Å². The van der Waals surface area contributed by atoms with Crippen LogP contribution in [0.1, 0.15) is 21.5 Å². The minimum atomic E-state index is -0.529. The van der Waals surface area contributed by atoms with Crippen LogP contribution in [0.15, 0.2) is 48.5 Å². The summed E-state index contributed by atoms with van der Waals surface area (Å²) < 4.78 is 17.7. The lowest BCUT2D eigenvalue weighted by molar-refractivity contribution is -0.124. The van der Waals surface area contributed by atoms with Gasteiger partial charge in [-0.2, -0.15) is 0 Å². The Labute approximate surface area is 134 Å². The summed E-state index contributed by atoms with van der Waals surface area (Å²) in [6.07, 6.45) is 0.581. The van der Waals surface area contributed by atoms with Crippen molar-refractivity contribution in [2.24, 2.45) is 0 Å². The molecule has 2 aromatic rings. The number of amides is 1. The molecular formula is C18H18FNO3. The number of benzene rings is 2. The summed E-state index contributed by atoms with van der Waals surface area (Å²) >= 11 is 0. The molecule has 4 nitrogen and oxygen atoms in total. The first kappa shape index (κ1) is 16.7. The number of halogens is 1. The zero-order chi connectivity index (χ0) is 16.7. The Morgan fingerprint density at radius 1 is 1.04 bits per heavy atom. The first-order valence-electron chi connectivity index (χ1n) is 7.29. The lowest BCUT2D eigenvalue weighted by atomic mass is 10.1. The Balaban J connectivity index is 1.69. The van der Waals surface area contributed by atoms with Gasteiger partial charge in [0.1, 0.15) is 5.82 Å². The van der Waals surface area contributed by atoms with Crippen LogP contribution in [0.2, 0.25) is 0 Å². The average Bonchev–Trinajstić information content (AvgIpc) is 2.55. The van der Waals surface area contributed by atoms with Gasteiger partial charge in [0, 0.05) is 6.54 Å². The first-order valence-corrected chi connectivity index (χ1v) is 7.29. The van der Waals surface area contributed by atoms with Gasteiger partial charge in [-0.25, -0.2) is 9.18 Å². The van der Waals surface area contributed by atoms with E-state index in [4.69, 9.17) is 4.74 Å². The molecule has 0 radical (unpaired) electrons. The van der Waals surface area contributed by atoms with Crippen LogP contribution in [0.5, 0.6) is 0 Å². The largest absolute Gasteiger partial charge is 0.452 e. The minimum Gasteiger partial charge on any atom is -0.452 e. The van der Waals surface area contributed by atoms with Gasteiger partial charge in [0.15, 0.2) is 6.61 Å². The molecule has 2 aromatic carbocycles. The molecule has 0 atom stereocenters. The van der Waals surface area contributed by atoms with Crippen molar-refractivity contribution >= 4 is 11.9 Å². The van der Waals surface area contributed by atoms with Gasteiger partial charge in [-0.05, 0) is 43.2 Å². The standard InChI is InChI=1S/C18H18FNO3/c1-13-2-6-15(7-3-13)18(22)23-12-17(21)20-11-10-14-4-8-16(19)9-5-14/h2-9H,10-12H2,1H3,(H,20,21). The molecule has 0 aromatic heterocycles. The average molecular weight is 315 g/mol. The Morgan fingerprint density at radius 2 is 1.70 bits per heavy atom. The number of ether oxygens (including phenoxy) is 1. The molecule has 0 bridgehead atoms. The van der Waals surface area contributed by atoms with Crippen molar-refractivity contribution in [3.8, 4) is 0 Å². The molecule has 0 heterocycles. The van der Waals surface area contributed by atoms with Crippen LogP contribution in [0, 0.1) is 12.7 Å². The quantitative estimate of drug-likeness (QED) is 0.834. The molecule has 120 valence electrons. The van der Waals surface area contributed by atoms with Gasteiger partial charge < -0.3 is 10.1 Å². The maximum absolute atomic E-state index is 12.8. The van der Waals surface area contributed by atoms with E-state index in [0.29, 0.717) is 18.5 Å². The fourth-order valence-electron chi connectivity index (χ4n) is 1.95. The van der Waals surface area contributed by atoms with E-state index in [2.05, 4.69) is 5.32 Å². The molecule has 0 fully saturated rings. The van der Waals surface area contributed by atoms with E-state index in [0.717, 1.165) is 11.1 Å². The summed E-state index contributed by atoms with van der Waals surface area (Å²) in [5.74, 6) is -1.19. The molecule has 0 saturated carbocycles. The molecule has 0 unspecified atom stereocenters. The van der Waals surface area contributed by atoms with Gasteiger partial charge in [0.25, 0.3) is 5.91 Å². The van der Waals surface area contributed by atoms with Gasteiger partial charge in [0.2, 0.25) is 0 Å². The van der Waals surface area contributed by atoms with Gasteiger partial charge in [-0.1, -0.05) is 29.8 Å². The van der Waals surface area contributed by atoms with Crippen LogP contribution in [0.3, 0.4) is 0 Å². The summed E-state index contributed by atoms with van der Waals surface area (Å²) in [4.78, 5) is 23.4. The highest BCUT2D eigenvalue weighted by molar-refractivity contribution is 5.91. The number of hydrogen-bond acceptors (Lipinski definition) is 3. The van der Waals surface area contributed by atoms with Crippen LogP contribution >= 0.6 is 0 Å². The Morgan fingerprint density at radius 3 is 2.35 bits per heavy atom. The van der Waals surface area contributed by atoms with Crippen molar-refractivity contribution in [1.82, 2.24) is 5.32 Å². The molecule has 0 aliphatic rings. The summed E-state index contributed by atoms with van der Waals surface area (Å²) in [5.41, 5.74) is 2.37. The minimum absolute atomic E-state index is 0.291. The summed E-state index contributed by atoms with van der Waals surface area (Å²) in [7, 11) is 0. The van der Waals surface area contributed by atoms with Crippen molar-refractivity contribution in [3.63, 3.8) is 0 Å². The molecule has 0 aliphatic carbocycles. The zero-order valence-corrected chi connectivity index (χ0v) is 12.8. The Kier molecular flexibility index (Phi) is 5.86. The van der Waals surface area contributed by atoms with Crippen molar-refractivity contribution in [2.75, 3.05) is 13.2 Å². The number of nitrogens with one attached hydrogen (secondary N) is 1. The summed E-state index contributed by atoms with van der Waals surface area (Å²) in [6.45, 7) is 1.99. The molecule has 2 rings (SSSR count). The van der Waals surface area contributed by atoms with Crippen molar-refractivity contribution in [2.45, 2.75) is 13.3 Å². The Bertz CT molecular complexity index is 666. The third-order valence-corrected chi connectivity index (χ3v) is 3.27. The number of aryl methyl sites for hydroxylation is 1. The van der Waals surface area contributed by atoms with E-state index in [-0.39, 0.29) is 18.3 Å². The Hall–Kier alpha value is -2.69. The van der Waals surface area contributed by atoms with E-state index in [1.165, 1.54) is 12.1 Å². The van der Waals surface area contributed by atoms with E-state index in [1.54, 1.807) is 36.4 Å². The predicted octanol–water partition coefficient (Wildman–Crippen LogP) is 2.65. The molecule has 0 aliphatic heterocycles. The van der Waals surface area contributed by atoms with Gasteiger partial charge in [-0.3, -0.25) is 4.79 Å². The van der Waals surface area contributed by atoms with Gasteiger partial charge in [-0.15, -0.1) is 0 Å². The normalized spacial score (nSPS) is 10.2. The highest BCUT2D eigenvalue weighted by Gasteiger charge is 2.09. The van der Waals surface area contributed by atoms with Crippen molar-refractivity contribution < 1.29 is 18.7 Å². The predicted molar refractivity (Wildman–Crippen MR) is 84.6 cm³/mol. The fourth-order valence-corrected chi connectivity index (χ4v) is 1.95. The van der Waals surface area contributed by atoms with Gasteiger partial charge in [0.05, 0.1) is 5.56 Å². The second-order valence-corrected chi connectivity index (χ2v) is 5.17. The number of rotatable bonds is 6. The molecule has 23 heavy (non-hydrogen) atoms. The third kappa shape index (κ3) is 5.54. The number of carbonyl (C=O) groups excluding carboxylic acids is 2. The maximum Gasteiger partial charge on any atom is 0.338 e. The molecule has 1 amide bonds. The number of esters is 1.